The van der Waals surface area contributed by atoms with Gasteiger partial charge in [-0.3, -0.25) is 4.79 Å². The predicted octanol–water partition coefficient (Wildman–Crippen LogP) is 2.66. The van der Waals surface area contributed by atoms with Gasteiger partial charge in [0, 0.05) is 24.7 Å². The van der Waals surface area contributed by atoms with E-state index in [1.165, 1.54) is 0 Å². The van der Waals surface area contributed by atoms with Gasteiger partial charge in [0.1, 0.15) is 0 Å². The number of nitrogens with two attached hydrogens (primary N) is 1. The Morgan fingerprint density at radius 1 is 1.39 bits per heavy atom. The van der Waals surface area contributed by atoms with Gasteiger partial charge in [-0.1, -0.05) is 26.0 Å². The minimum atomic E-state index is 0.200. The number of hydrogen-bond donors (Lipinski definition) is 1. The SMILES string of the molecule is CCN(Cc1ccc(N)cc1)C(=O)C1CC1(C)C. The number of hydrogen-bond acceptors (Lipinski definition) is 2. The van der Waals surface area contributed by atoms with Crippen molar-refractivity contribution in [2.24, 2.45) is 11.3 Å². The molecule has 0 heterocycles. The third-order valence-corrected chi connectivity index (χ3v) is 3.86. The molecule has 3 heteroatoms. The highest BCUT2D eigenvalue weighted by atomic mass is 16.2. The van der Waals surface area contributed by atoms with Gasteiger partial charge in [-0.05, 0) is 36.5 Å². The summed E-state index contributed by atoms with van der Waals surface area (Å²) in [7, 11) is 0. The average molecular weight is 246 g/mol. The molecule has 0 spiro atoms. The number of nitrogen functional groups attached to an aromatic ring is 1. The summed E-state index contributed by atoms with van der Waals surface area (Å²) in [6.07, 6.45) is 1.02. The van der Waals surface area contributed by atoms with Crippen LogP contribution in [0.15, 0.2) is 24.3 Å². The van der Waals surface area contributed by atoms with Crippen molar-refractivity contribution >= 4 is 11.6 Å². The molecule has 2 N–H and O–H groups in total. The van der Waals surface area contributed by atoms with Crippen LogP contribution in [-0.4, -0.2) is 17.4 Å². The number of carbonyl (C=O) groups excluding carboxylic acids is 1. The number of rotatable bonds is 4. The maximum absolute atomic E-state index is 12.3. The van der Waals surface area contributed by atoms with E-state index in [-0.39, 0.29) is 11.3 Å². The molecule has 1 amide bonds. The Morgan fingerprint density at radius 3 is 2.39 bits per heavy atom. The molecule has 1 aromatic rings. The first-order valence-corrected chi connectivity index (χ1v) is 6.57. The first kappa shape index (κ1) is 12.9. The molecular weight excluding hydrogens is 224 g/mol. The number of anilines is 1. The first-order valence-electron chi connectivity index (χ1n) is 6.57. The summed E-state index contributed by atoms with van der Waals surface area (Å²) < 4.78 is 0. The Kier molecular flexibility index (Phi) is 3.33. The van der Waals surface area contributed by atoms with Crippen LogP contribution in [0.3, 0.4) is 0 Å². The van der Waals surface area contributed by atoms with Gasteiger partial charge < -0.3 is 10.6 Å². The first-order chi connectivity index (χ1) is 8.44. The highest BCUT2D eigenvalue weighted by Crippen LogP contribution is 2.52. The van der Waals surface area contributed by atoms with Crippen molar-refractivity contribution in [3.8, 4) is 0 Å². The summed E-state index contributed by atoms with van der Waals surface area (Å²) in [4.78, 5) is 14.3. The maximum atomic E-state index is 12.3. The lowest BCUT2D eigenvalue weighted by atomic mass is 10.1. The third-order valence-electron chi connectivity index (χ3n) is 3.86. The molecule has 0 saturated heterocycles. The lowest BCUT2D eigenvalue weighted by Gasteiger charge is -2.22. The second-order valence-electron chi connectivity index (χ2n) is 5.84. The van der Waals surface area contributed by atoms with Gasteiger partial charge in [-0.15, -0.1) is 0 Å². The Balaban J connectivity index is 2.01. The summed E-state index contributed by atoms with van der Waals surface area (Å²) in [6, 6.07) is 7.75. The van der Waals surface area contributed by atoms with Crippen LogP contribution in [0.2, 0.25) is 0 Å². The Hall–Kier alpha value is -1.51. The molecule has 1 aliphatic rings. The monoisotopic (exact) mass is 246 g/mol. The molecule has 1 aromatic carbocycles. The molecule has 1 aliphatic carbocycles. The molecule has 3 nitrogen and oxygen atoms in total. The summed E-state index contributed by atoms with van der Waals surface area (Å²) in [5, 5.41) is 0. The van der Waals surface area contributed by atoms with Crippen LogP contribution in [0.1, 0.15) is 32.8 Å². The van der Waals surface area contributed by atoms with Crippen molar-refractivity contribution in [1.82, 2.24) is 4.90 Å². The second kappa shape index (κ2) is 4.63. The Bertz CT molecular complexity index is 436. The number of amides is 1. The fourth-order valence-electron chi connectivity index (χ4n) is 2.30. The van der Waals surface area contributed by atoms with E-state index in [2.05, 4.69) is 13.8 Å². The number of nitrogens with zero attached hydrogens (tertiary/aromatic N) is 1. The van der Waals surface area contributed by atoms with E-state index in [0.29, 0.717) is 12.5 Å². The van der Waals surface area contributed by atoms with E-state index in [0.717, 1.165) is 24.2 Å². The molecule has 0 radical (unpaired) electrons. The van der Waals surface area contributed by atoms with Crippen LogP contribution in [0, 0.1) is 11.3 Å². The topological polar surface area (TPSA) is 46.3 Å². The van der Waals surface area contributed by atoms with Crippen LogP contribution < -0.4 is 5.73 Å². The zero-order valence-electron chi connectivity index (χ0n) is 11.4. The van der Waals surface area contributed by atoms with Crippen LogP contribution in [0.4, 0.5) is 5.69 Å². The highest BCUT2D eigenvalue weighted by molar-refractivity contribution is 5.82. The summed E-state index contributed by atoms with van der Waals surface area (Å²) in [5.74, 6) is 0.505. The lowest BCUT2D eigenvalue weighted by molar-refractivity contribution is -0.133. The second-order valence-corrected chi connectivity index (χ2v) is 5.84. The number of carbonyl (C=O) groups is 1. The van der Waals surface area contributed by atoms with Gasteiger partial charge in [-0.2, -0.15) is 0 Å². The molecule has 0 bridgehead atoms. The minimum Gasteiger partial charge on any atom is -0.399 e. The predicted molar refractivity (Wildman–Crippen MR) is 73.8 cm³/mol. The van der Waals surface area contributed by atoms with Gasteiger partial charge in [0.15, 0.2) is 0 Å². The Morgan fingerprint density at radius 2 is 1.94 bits per heavy atom. The zero-order chi connectivity index (χ0) is 13.3. The standard InChI is InChI=1S/C15H22N2O/c1-4-17(14(18)13-9-15(13,2)3)10-11-5-7-12(16)8-6-11/h5-8,13H,4,9-10,16H2,1-3H3. The van der Waals surface area contributed by atoms with Crippen molar-refractivity contribution in [1.29, 1.82) is 0 Å². The maximum Gasteiger partial charge on any atom is 0.226 e. The molecule has 1 atom stereocenters. The number of benzene rings is 1. The van der Waals surface area contributed by atoms with Crippen LogP contribution in [0.25, 0.3) is 0 Å². The lowest BCUT2D eigenvalue weighted by Crippen LogP contribution is -2.32. The molecule has 0 aromatic heterocycles. The zero-order valence-corrected chi connectivity index (χ0v) is 11.4. The molecule has 2 rings (SSSR count). The largest absolute Gasteiger partial charge is 0.399 e. The fraction of sp³-hybridized carbons (Fsp3) is 0.533. The molecule has 98 valence electrons. The van der Waals surface area contributed by atoms with Gasteiger partial charge in [0.05, 0.1) is 0 Å². The molecule has 1 saturated carbocycles. The van der Waals surface area contributed by atoms with Crippen molar-refractivity contribution in [3.63, 3.8) is 0 Å². The van der Waals surface area contributed by atoms with Gasteiger partial charge >= 0.3 is 0 Å². The quantitative estimate of drug-likeness (QED) is 0.830. The third kappa shape index (κ3) is 2.66. The van der Waals surface area contributed by atoms with Gasteiger partial charge in [0.25, 0.3) is 0 Å². The van der Waals surface area contributed by atoms with E-state index in [4.69, 9.17) is 5.73 Å². The highest BCUT2D eigenvalue weighted by Gasteiger charge is 2.51. The van der Waals surface area contributed by atoms with E-state index in [1.54, 1.807) is 0 Å². The van der Waals surface area contributed by atoms with E-state index in [9.17, 15) is 4.79 Å². The van der Waals surface area contributed by atoms with E-state index >= 15 is 0 Å². The molecule has 1 fully saturated rings. The molecular formula is C15H22N2O. The summed E-state index contributed by atoms with van der Waals surface area (Å²) in [6.45, 7) is 7.79. The molecule has 18 heavy (non-hydrogen) atoms. The van der Waals surface area contributed by atoms with Crippen molar-refractivity contribution in [2.75, 3.05) is 12.3 Å². The Labute approximate surface area is 109 Å². The van der Waals surface area contributed by atoms with Crippen LogP contribution >= 0.6 is 0 Å². The van der Waals surface area contributed by atoms with Crippen LogP contribution in [0.5, 0.6) is 0 Å². The van der Waals surface area contributed by atoms with E-state index in [1.807, 2.05) is 36.1 Å². The smallest absolute Gasteiger partial charge is 0.226 e. The van der Waals surface area contributed by atoms with E-state index < -0.39 is 0 Å². The van der Waals surface area contributed by atoms with Gasteiger partial charge in [0.2, 0.25) is 5.91 Å². The summed E-state index contributed by atoms with van der Waals surface area (Å²) in [5.41, 5.74) is 7.76. The molecule has 1 unspecified atom stereocenters. The van der Waals surface area contributed by atoms with Crippen molar-refractivity contribution in [3.05, 3.63) is 29.8 Å². The van der Waals surface area contributed by atoms with Crippen molar-refractivity contribution < 1.29 is 4.79 Å². The van der Waals surface area contributed by atoms with Gasteiger partial charge in [-0.25, -0.2) is 0 Å². The van der Waals surface area contributed by atoms with Crippen LogP contribution in [-0.2, 0) is 11.3 Å². The summed E-state index contributed by atoms with van der Waals surface area (Å²) >= 11 is 0. The minimum absolute atomic E-state index is 0.200. The average Bonchev–Trinajstić information content (AvgIpc) is 2.97. The van der Waals surface area contributed by atoms with Crippen molar-refractivity contribution in [2.45, 2.75) is 33.7 Å². The fourth-order valence-corrected chi connectivity index (χ4v) is 2.30. The normalized spacial score (nSPS) is 20.5. The molecule has 0 aliphatic heterocycles.